The number of carbonyl (C=O) groups excluding carboxylic acids is 5. The lowest BCUT2D eigenvalue weighted by Gasteiger charge is -2.21. The minimum Gasteiger partial charge on any atom is -0.353 e. The smallest absolute Gasteiger partial charge is 0.353 e. The molecule has 2 aromatic rings. The predicted molar refractivity (Wildman–Crippen MR) is 140 cm³/mol. The van der Waals surface area contributed by atoms with Crippen molar-refractivity contribution in [1.29, 1.82) is 0 Å². The number of nitrogens with one attached hydrogen (secondary N) is 4. The van der Waals surface area contributed by atoms with Crippen LogP contribution >= 0.6 is 11.6 Å². The molecule has 3 rings (SSSR count). The van der Waals surface area contributed by atoms with E-state index >= 15 is 0 Å². The fourth-order valence-corrected chi connectivity index (χ4v) is 4.39. The molecule has 4 amide bonds. The number of ketones is 1. The molecule has 40 heavy (non-hydrogen) atoms. The third-order valence-corrected chi connectivity index (χ3v) is 6.43. The Balaban J connectivity index is 1.78. The number of anilines is 1. The molecule has 4 N–H and O–H groups in total. The van der Waals surface area contributed by atoms with E-state index in [4.69, 9.17) is 11.6 Å². The van der Waals surface area contributed by atoms with Gasteiger partial charge in [0, 0.05) is 29.9 Å². The number of Topliss-reactive ketones (excluding diaryl/α,β-unsaturated/α-hetero) is 1. The summed E-state index contributed by atoms with van der Waals surface area (Å²) in [6.07, 6.45) is -6.57. The van der Waals surface area contributed by atoms with Crippen LogP contribution in [0, 0.1) is 5.92 Å². The Morgan fingerprint density at radius 2 is 1.80 bits per heavy atom. The maximum atomic E-state index is 13.3. The Labute approximate surface area is 233 Å². The average Bonchev–Trinajstić information content (AvgIpc) is 3.22. The molecule has 0 spiro atoms. The van der Waals surface area contributed by atoms with E-state index in [-0.39, 0.29) is 41.2 Å². The predicted octanol–water partition coefficient (Wildman–Crippen LogP) is 3.52. The van der Waals surface area contributed by atoms with Gasteiger partial charge in [0.05, 0.1) is 23.7 Å². The molecule has 1 unspecified atom stereocenters. The Bertz CT molecular complexity index is 1270. The lowest BCUT2D eigenvalue weighted by atomic mass is 9.93. The zero-order chi connectivity index (χ0) is 29.4. The van der Waals surface area contributed by atoms with Gasteiger partial charge in [-0.1, -0.05) is 41.9 Å². The van der Waals surface area contributed by atoms with Gasteiger partial charge in [-0.25, -0.2) is 0 Å². The van der Waals surface area contributed by atoms with Crippen molar-refractivity contribution >= 4 is 46.7 Å². The number of alkyl halides is 3. The molecule has 1 saturated heterocycles. The van der Waals surface area contributed by atoms with Crippen molar-refractivity contribution in [2.24, 2.45) is 5.92 Å². The van der Waals surface area contributed by atoms with Crippen LogP contribution in [0.2, 0.25) is 5.02 Å². The second-order valence-electron chi connectivity index (χ2n) is 9.49. The third-order valence-electron chi connectivity index (χ3n) is 6.20. The van der Waals surface area contributed by atoms with Crippen LogP contribution in [0.15, 0.2) is 48.5 Å². The minimum atomic E-state index is -4.55. The normalized spacial score (nSPS) is 17.5. The Kier molecular flexibility index (Phi) is 10.3. The van der Waals surface area contributed by atoms with E-state index in [1.807, 2.05) is 0 Å². The highest BCUT2D eigenvalue weighted by Crippen LogP contribution is 2.25. The maximum Gasteiger partial charge on any atom is 0.389 e. The van der Waals surface area contributed by atoms with E-state index in [1.54, 1.807) is 37.3 Å². The number of halogens is 4. The second-order valence-corrected chi connectivity index (χ2v) is 9.93. The molecule has 0 aromatic heterocycles. The van der Waals surface area contributed by atoms with E-state index in [0.717, 1.165) is 11.6 Å². The first-order valence-electron chi connectivity index (χ1n) is 12.5. The molecule has 13 heteroatoms. The van der Waals surface area contributed by atoms with Crippen LogP contribution < -0.4 is 21.3 Å². The van der Waals surface area contributed by atoms with Crippen molar-refractivity contribution in [3.63, 3.8) is 0 Å². The summed E-state index contributed by atoms with van der Waals surface area (Å²) < 4.78 is 37.5. The summed E-state index contributed by atoms with van der Waals surface area (Å²) in [4.78, 5) is 63.6. The summed E-state index contributed by atoms with van der Waals surface area (Å²) in [5.74, 6) is -4.87. The van der Waals surface area contributed by atoms with Crippen molar-refractivity contribution in [3.05, 3.63) is 64.7 Å². The van der Waals surface area contributed by atoms with E-state index in [0.29, 0.717) is 6.42 Å². The molecule has 0 bridgehead atoms. The van der Waals surface area contributed by atoms with E-state index in [2.05, 4.69) is 21.3 Å². The van der Waals surface area contributed by atoms with Gasteiger partial charge < -0.3 is 21.3 Å². The molecule has 0 aliphatic carbocycles. The Hall–Kier alpha value is -3.93. The third kappa shape index (κ3) is 9.08. The van der Waals surface area contributed by atoms with Gasteiger partial charge in [-0.05, 0) is 43.5 Å². The van der Waals surface area contributed by atoms with Crippen LogP contribution in [0.5, 0.6) is 0 Å². The molecular weight excluding hydrogens is 553 g/mol. The standard InChI is InChI=1S/C27H28ClF3N4O5/c1-15-11-17(24(38)33-15)12-21(23(37)26(40)32-14-16-5-3-2-4-6-16)35-25(39)19-13-18(28)7-8-20(19)34-22(36)9-10-27(29,30)31/h2-8,13,15,17,21H,9-12,14H2,1H3,(H,32,40)(H,33,38)(H,34,36)(H,35,39)/t15-,17+,21?/m1/s1. The highest BCUT2D eigenvalue weighted by molar-refractivity contribution is 6.38. The summed E-state index contributed by atoms with van der Waals surface area (Å²) in [5.41, 5.74) is 0.360. The molecule has 1 aliphatic heterocycles. The van der Waals surface area contributed by atoms with Crippen LogP contribution in [0.1, 0.15) is 48.5 Å². The van der Waals surface area contributed by atoms with Crippen molar-refractivity contribution in [3.8, 4) is 0 Å². The quantitative estimate of drug-likeness (QED) is 0.302. The number of amides is 4. The van der Waals surface area contributed by atoms with Gasteiger partial charge in [0.1, 0.15) is 0 Å². The van der Waals surface area contributed by atoms with E-state index in [9.17, 15) is 37.1 Å². The van der Waals surface area contributed by atoms with Crippen molar-refractivity contribution in [1.82, 2.24) is 16.0 Å². The SMILES string of the molecule is C[C@@H]1C[C@@H](CC(NC(=O)c2cc(Cl)ccc2NC(=O)CCC(F)(F)F)C(=O)C(=O)NCc2ccccc2)C(=O)N1. The van der Waals surface area contributed by atoms with Gasteiger partial charge in [0.15, 0.2) is 0 Å². The first-order chi connectivity index (χ1) is 18.8. The monoisotopic (exact) mass is 580 g/mol. The van der Waals surface area contributed by atoms with Gasteiger partial charge >= 0.3 is 6.18 Å². The van der Waals surface area contributed by atoms with Crippen LogP contribution in [-0.2, 0) is 25.7 Å². The van der Waals surface area contributed by atoms with Gasteiger partial charge in [-0.3, -0.25) is 24.0 Å². The lowest BCUT2D eigenvalue weighted by Crippen LogP contribution is -2.48. The summed E-state index contributed by atoms with van der Waals surface area (Å²) in [6.45, 7) is 1.83. The van der Waals surface area contributed by atoms with Crippen LogP contribution in [0.3, 0.4) is 0 Å². The summed E-state index contributed by atoms with van der Waals surface area (Å²) >= 11 is 6.01. The summed E-state index contributed by atoms with van der Waals surface area (Å²) in [5, 5.41) is 10.0. The minimum absolute atomic E-state index is 0.0510. The van der Waals surface area contributed by atoms with Crippen LogP contribution in [0.4, 0.5) is 18.9 Å². The van der Waals surface area contributed by atoms with Crippen molar-refractivity contribution < 1.29 is 37.1 Å². The first kappa shape index (κ1) is 30.6. The van der Waals surface area contributed by atoms with Crippen molar-refractivity contribution in [2.45, 2.75) is 57.4 Å². The molecule has 3 atom stereocenters. The average molecular weight is 581 g/mol. The van der Waals surface area contributed by atoms with E-state index < -0.39 is 54.5 Å². The van der Waals surface area contributed by atoms with Crippen molar-refractivity contribution in [2.75, 3.05) is 5.32 Å². The molecular formula is C27H28ClF3N4O5. The molecule has 1 aliphatic rings. The Morgan fingerprint density at radius 3 is 2.42 bits per heavy atom. The van der Waals surface area contributed by atoms with Gasteiger partial charge in [-0.15, -0.1) is 0 Å². The molecule has 0 radical (unpaired) electrons. The molecule has 0 saturated carbocycles. The Morgan fingerprint density at radius 1 is 1.10 bits per heavy atom. The maximum absolute atomic E-state index is 13.3. The van der Waals surface area contributed by atoms with Crippen LogP contribution in [-0.4, -0.2) is 47.7 Å². The number of hydrogen-bond acceptors (Lipinski definition) is 5. The van der Waals surface area contributed by atoms with Crippen LogP contribution in [0.25, 0.3) is 0 Å². The van der Waals surface area contributed by atoms with Gasteiger partial charge in [-0.2, -0.15) is 13.2 Å². The van der Waals surface area contributed by atoms with E-state index in [1.165, 1.54) is 12.1 Å². The van der Waals surface area contributed by atoms with Gasteiger partial charge in [0.25, 0.3) is 11.8 Å². The summed E-state index contributed by atoms with van der Waals surface area (Å²) in [7, 11) is 0. The zero-order valence-corrected chi connectivity index (χ0v) is 22.2. The molecule has 214 valence electrons. The first-order valence-corrected chi connectivity index (χ1v) is 12.8. The molecule has 1 heterocycles. The summed E-state index contributed by atoms with van der Waals surface area (Å²) in [6, 6.07) is 10.9. The zero-order valence-electron chi connectivity index (χ0n) is 21.4. The largest absolute Gasteiger partial charge is 0.389 e. The molecule has 9 nitrogen and oxygen atoms in total. The molecule has 1 fully saturated rings. The number of rotatable bonds is 11. The highest BCUT2D eigenvalue weighted by atomic mass is 35.5. The highest BCUT2D eigenvalue weighted by Gasteiger charge is 2.36. The topological polar surface area (TPSA) is 133 Å². The molecule has 2 aromatic carbocycles. The lowest BCUT2D eigenvalue weighted by molar-refractivity contribution is -0.142. The number of hydrogen-bond donors (Lipinski definition) is 4. The fraction of sp³-hybridized carbons (Fsp3) is 0.370. The second kappa shape index (κ2) is 13.4. The fourth-order valence-electron chi connectivity index (χ4n) is 4.21. The number of carbonyl (C=O) groups is 5. The number of benzene rings is 2. The van der Waals surface area contributed by atoms with Gasteiger partial charge in [0.2, 0.25) is 17.6 Å².